The maximum atomic E-state index is 12.4. The smallest absolute Gasteiger partial charge is 0.333 e. The van der Waals surface area contributed by atoms with Gasteiger partial charge < -0.3 is 4.90 Å². The van der Waals surface area contributed by atoms with Crippen molar-refractivity contribution in [3.8, 4) is 0 Å². The number of nitrogens with zero attached hydrogens (tertiary/aromatic N) is 1. The Bertz CT molecular complexity index is 409. The molecule has 0 radical (unpaired) electrons. The fourth-order valence-electron chi connectivity index (χ4n) is 1.86. The minimum Gasteiger partial charge on any atom is -0.333 e. The Morgan fingerprint density at radius 1 is 1.20 bits per heavy atom. The molecule has 20 heavy (non-hydrogen) atoms. The number of amides is 1. The largest absolute Gasteiger partial charge is 0.406 e. The highest BCUT2D eigenvalue weighted by atomic mass is 79.9. The first-order chi connectivity index (χ1) is 9.42. The van der Waals surface area contributed by atoms with Crippen LogP contribution in [-0.2, 0) is 11.2 Å². The highest BCUT2D eigenvalue weighted by Crippen LogP contribution is 2.17. The van der Waals surface area contributed by atoms with E-state index >= 15 is 0 Å². The summed E-state index contributed by atoms with van der Waals surface area (Å²) in [6.45, 7) is -1.10. The molecular weight excluding hydrogens is 335 g/mol. The van der Waals surface area contributed by atoms with Gasteiger partial charge in [0, 0.05) is 18.3 Å². The summed E-state index contributed by atoms with van der Waals surface area (Å²) < 4.78 is 37.1. The van der Waals surface area contributed by atoms with Crippen LogP contribution in [-0.4, -0.2) is 35.4 Å². The highest BCUT2D eigenvalue weighted by molar-refractivity contribution is 9.09. The summed E-state index contributed by atoms with van der Waals surface area (Å²) in [5, 5.41) is 0.341. The molecule has 0 aliphatic rings. The third-order valence-electron chi connectivity index (χ3n) is 2.78. The predicted molar refractivity (Wildman–Crippen MR) is 75.8 cm³/mol. The Morgan fingerprint density at radius 2 is 1.85 bits per heavy atom. The minimum atomic E-state index is -4.35. The molecule has 0 saturated carbocycles. The van der Waals surface area contributed by atoms with Crippen molar-refractivity contribution in [1.29, 1.82) is 0 Å². The van der Waals surface area contributed by atoms with Gasteiger partial charge in [-0.1, -0.05) is 46.3 Å². The van der Waals surface area contributed by atoms with Crippen molar-refractivity contribution in [2.24, 2.45) is 0 Å². The van der Waals surface area contributed by atoms with Gasteiger partial charge in [-0.15, -0.1) is 0 Å². The number of aryl methyl sites for hydroxylation is 1. The van der Waals surface area contributed by atoms with Crippen molar-refractivity contribution in [2.75, 3.05) is 18.4 Å². The molecule has 2 nitrogen and oxygen atoms in total. The van der Waals surface area contributed by atoms with Crippen LogP contribution in [0, 0.1) is 0 Å². The molecule has 0 aliphatic heterocycles. The first-order valence-electron chi connectivity index (χ1n) is 6.37. The topological polar surface area (TPSA) is 20.3 Å². The van der Waals surface area contributed by atoms with Gasteiger partial charge in [-0.05, 0) is 18.4 Å². The van der Waals surface area contributed by atoms with Crippen molar-refractivity contribution in [2.45, 2.75) is 25.4 Å². The van der Waals surface area contributed by atoms with Crippen molar-refractivity contribution in [3.63, 3.8) is 0 Å². The van der Waals surface area contributed by atoms with E-state index in [0.717, 1.165) is 10.5 Å². The van der Waals surface area contributed by atoms with E-state index in [4.69, 9.17) is 0 Å². The SMILES string of the molecule is O=C(CCCc1ccccc1)N(CCBr)CC(F)(F)F. The zero-order chi connectivity index (χ0) is 15.0. The van der Waals surface area contributed by atoms with Gasteiger partial charge in [0.05, 0.1) is 0 Å². The third kappa shape index (κ3) is 6.93. The van der Waals surface area contributed by atoms with Crippen LogP contribution >= 0.6 is 15.9 Å². The van der Waals surface area contributed by atoms with E-state index in [1.165, 1.54) is 0 Å². The first kappa shape index (κ1) is 17.0. The Hall–Kier alpha value is -1.04. The molecule has 1 aromatic rings. The molecule has 0 bridgehead atoms. The van der Waals surface area contributed by atoms with Crippen LogP contribution in [0.5, 0.6) is 0 Å². The zero-order valence-corrected chi connectivity index (χ0v) is 12.6. The quantitative estimate of drug-likeness (QED) is 0.684. The molecular formula is C14H17BrF3NO. The molecule has 0 aliphatic carbocycles. The van der Waals surface area contributed by atoms with Gasteiger partial charge in [0.25, 0.3) is 0 Å². The molecule has 0 N–H and O–H groups in total. The second-order valence-corrected chi connectivity index (χ2v) is 5.25. The molecule has 0 saturated heterocycles. The maximum absolute atomic E-state index is 12.4. The van der Waals surface area contributed by atoms with Crippen LogP contribution < -0.4 is 0 Å². The number of halogens is 4. The van der Waals surface area contributed by atoms with Crippen molar-refractivity contribution in [1.82, 2.24) is 4.90 Å². The molecule has 1 rings (SSSR count). The van der Waals surface area contributed by atoms with Gasteiger partial charge in [-0.2, -0.15) is 13.2 Å². The van der Waals surface area contributed by atoms with Crippen LogP contribution in [0.1, 0.15) is 18.4 Å². The van der Waals surface area contributed by atoms with E-state index in [0.29, 0.717) is 18.2 Å². The van der Waals surface area contributed by atoms with Gasteiger partial charge in [0.2, 0.25) is 5.91 Å². The molecule has 0 atom stereocenters. The van der Waals surface area contributed by atoms with E-state index in [1.807, 2.05) is 30.3 Å². The van der Waals surface area contributed by atoms with Crippen LogP contribution in [0.15, 0.2) is 30.3 Å². The Kier molecular flexibility index (Phi) is 7.05. The molecule has 0 unspecified atom stereocenters. The predicted octanol–water partition coefficient (Wildman–Crippen LogP) is 3.80. The number of hydrogen-bond donors (Lipinski definition) is 0. The van der Waals surface area contributed by atoms with Crippen LogP contribution in [0.25, 0.3) is 0 Å². The van der Waals surface area contributed by atoms with E-state index in [2.05, 4.69) is 15.9 Å². The van der Waals surface area contributed by atoms with E-state index in [-0.39, 0.29) is 13.0 Å². The van der Waals surface area contributed by atoms with Gasteiger partial charge in [-0.3, -0.25) is 4.79 Å². The van der Waals surface area contributed by atoms with Gasteiger partial charge in [0.15, 0.2) is 0 Å². The Morgan fingerprint density at radius 3 is 2.40 bits per heavy atom. The molecule has 1 amide bonds. The number of hydrogen-bond acceptors (Lipinski definition) is 1. The standard InChI is InChI=1S/C14H17BrF3NO/c15-9-10-19(11-14(16,17)18)13(20)8-4-7-12-5-2-1-3-6-12/h1-3,5-6H,4,7-11H2. The summed E-state index contributed by atoms with van der Waals surface area (Å²) in [6, 6.07) is 9.58. The van der Waals surface area contributed by atoms with Crippen LogP contribution in [0.3, 0.4) is 0 Å². The first-order valence-corrected chi connectivity index (χ1v) is 7.49. The summed E-state index contributed by atoms with van der Waals surface area (Å²) in [5.41, 5.74) is 1.09. The number of carbonyl (C=O) groups is 1. The molecule has 0 aromatic heterocycles. The zero-order valence-electron chi connectivity index (χ0n) is 11.0. The lowest BCUT2D eigenvalue weighted by molar-refractivity contribution is -0.160. The van der Waals surface area contributed by atoms with Gasteiger partial charge in [-0.25, -0.2) is 0 Å². The average Bonchev–Trinajstić information content (AvgIpc) is 2.38. The molecule has 1 aromatic carbocycles. The molecule has 0 heterocycles. The number of alkyl halides is 4. The summed E-state index contributed by atoms with van der Waals surface area (Å²) in [7, 11) is 0. The molecule has 0 fully saturated rings. The maximum Gasteiger partial charge on any atom is 0.406 e. The number of benzene rings is 1. The summed E-state index contributed by atoms with van der Waals surface area (Å²) in [4.78, 5) is 12.7. The van der Waals surface area contributed by atoms with Gasteiger partial charge >= 0.3 is 6.18 Å². The summed E-state index contributed by atoms with van der Waals surface area (Å²) >= 11 is 3.07. The molecule has 112 valence electrons. The Labute approximate surface area is 125 Å². The van der Waals surface area contributed by atoms with Crippen LogP contribution in [0.2, 0.25) is 0 Å². The second kappa shape index (κ2) is 8.29. The minimum absolute atomic E-state index is 0.0731. The second-order valence-electron chi connectivity index (χ2n) is 4.46. The normalized spacial score (nSPS) is 11.4. The third-order valence-corrected chi connectivity index (χ3v) is 3.13. The lowest BCUT2D eigenvalue weighted by atomic mass is 10.1. The van der Waals surface area contributed by atoms with E-state index < -0.39 is 18.6 Å². The van der Waals surface area contributed by atoms with Crippen molar-refractivity contribution in [3.05, 3.63) is 35.9 Å². The lowest BCUT2D eigenvalue weighted by Crippen LogP contribution is -2.40. The fourth-order valence-corrected chi connectivity index (χ4v) is 2.28. The monoisotopic (exact) mass is 351 g/mol. The summed E-state index contributed by atoms with van der Waals surface area (Å²) in [6.07, 6.45) is -2.96. The average molecular weight is 352 g/mol. The van der Waals surface area contributed by atoms with E-state index in [1.54, 1.807) is 0 Å². The van der Waals surface area contributed by atoms with Gasteiger partial charge in [0.1, 0.15) is 6.54 Å². The number of carbonyl (C=O) groups excluding carboxylic acids is 1. The highest BCUT2D eigenvalue weighted by Gasteiger charge is 2.32. The molecule has 0 spiro atoms. The number of rotatable bonds is 7. The summed E-state index contributed by atoms with van der Waals surface area (Å²) in [5.74, 6) is -0.447. The van der Waals surface area contributed by atoms with Crippen molar-refractivity contribution < 1.29 is 18.0 Å². The molecule has 6 heteroatoms. The lowest BCUT2D eigenvalue weighted by Gasteiger charge is -2.23. The van der Waals surface area contributed by atoms with E-state index in [9.17, 15) is 18.0 Å². The van der Waals surface area contributed by atoms with Crippen molar-refractivity contribution >= 4 is 21.8 Å². The van der Waals surface area contributed by atoms with Crippen LogP contribution in [0.4, 0.5) is 13.2 Å². The fraction of sp³-hybridized carbons (Fsp3) is 0.500. The Balaban J connectivity index is 2.42.